The number of hydrogen-bond acceptors (Lipinski definition) is 0. The first-order valence-electron chi connectivity index (χ1n) is 7.91. The van der Waals surface area contributed by atoms with Gasteiger partial charge in [0.25, 0.3) is 0 Å². The summed E-state index contributed by atoms with van der Waals surface area (Å²) < 4.78 is 0. The summed E-state index contributed by atoms with van der Waals surface area (Å²) in [6, 6.07) is 0. The predicted octanol–water partition coefficient (Wildman–Crippen LogP) is 0.721. The molecular formula is C16H36Na2. The van der Waals surface area contributed by atoms with Crippen molar-refractivity contribution in [3.05, 3.63) is 0 Å². The summed E-state index contributed by atoms with van der Waals surface area (Å²) in [6.45, 7) is 4.58. The summed E-state index contributed by atoms with van der Waals surface area (Å²) in [5.74, 6) is 0. The molecular weight excluding hydrogens is 238 g/mol. The Hall–Kier alpha value is 2.00. The van der Waals surface area contributed by atoms with Crippen molar-refractivity contribution in [2.45, 2.75) is 104 Å². The zero-order chi connectivity index (χ0) is 11.9. The van der Waals surface area contributed by atoms with E-state index in [2.05, 4.69) is 13.8 Å². The molecule has 0 N–H and O–H groups in total. The summed E-state index contributed by atoms with van der Waals surface area (Å²) in [4.78, 5) is 0. The molecule has 0 aromatic carbocycles. The van der Waals surface area contributed by atoms with Crippen LogP contribution in [0.3, 0.4) is 0 Å². The molecule has 0 atom stereocenters. The fraction of sp³-hybridized carbons (Fsp3) is 1.00. The average molecular weight is 274 g/mol. The third-order valence-corrected chi connectivity index (χ3v) is 3.46. The van der Waals surface area contributed by atoms with E-state index in [-0.39, 0.29) is 62.0 Å². The Bertz CT molecular complexity index is 111. The Morgan fingerprint density at radius 3 is 0.722 bits per heavy atom. The van der Waals surface area contributed by atoms with Crippen LogP contribution >= 0.6 is 0 Å². The molecule has 0 aliphatic heterocycles. The van der Waals surface area contributed by atoms with Gasteiger partial charge in [-0.1, -0.05) is 104 Å². The Labute approximate surface area is 164 Å². The predicted molar refractivity (Wildman–Crippen MR) is 78.2 cm³/mol. The van der Waals surface area contributed by atoms with Gasteiger partial charge in [-0.2, -0.15) is 0 Å². The van der Waals surface area contributed by atoms with Crippen molar-refractivity contribution in [2.24, 2.45) is 0 Å². The summed E-state index contributed by atoms with van der Waals surface area (Å²) in [6.07, 6.45) is 20.4. The van der Waals surface area contributed by atoms with E-state index in [0.29, 0.717) is 0 Å². The van der Waals surface area contributed by atoms with Gasteiger partial charge in [-0.3, -0.25) is 0 Å². The van der Waals surface area contributed by atoms with Gasteiger partial charge in [-0.05, 0) is 0 Å². The van der Waals surface area contributed by atoms with Crippen LogP contribution in [0.15, 0.2) is 0 Å². The molecule has 0 saturated heterocycles. The monoisotopic (exact) mass is 274 g/mol. The second-order valence-electron chi connectivity index (χ2n) is 5.24. The van der Waals surface area contributed by atoms with Gasteiger partial charge in [-0.15, -0.1) is 0 Å². The first-order chi connectivity index (χ1) is 7.91. The van der Waals surface area contributed by atoms with Crippen LogP contribution in [0.25, 0.3) is 0 Å². The molecule has 0 aliphatic rings. The van der Waals surface area contributed by atoms with Gasteiger partial charge in [0.15, 0.2) is 0 Å². The Kier molecular flexibility index (Phi) is 33.4. The molecule has 0 amide bonds. The van der Waals surface area contributed by atoms with Crippen LogP contribution in [0.4, 0.5) is 0 Å². The zero-order valence-electron chi connectivity index (χ0n) is 15.9. The molecule has 0 heterocycles. The van der Waals surface area contributed by atoms with E-state index in [4.69, 9.17) is 0 Å². The van der Waals surface area contributed by atoms with E-state index in [1.807, 2.05) is 0 Å². The van der Waals surface area contributed by atoms with Crippen LogP contribution in [0.2, 0.25) is 0 Å². The van der Waals surface area contributed by atoms with Crippen molar-refractivity contribution in [2.75, 3.05) is 0 Å². The molecule has 0 rings (SSSR count). The van der Waals surface area contributed by atoms with E-state index in [0.717, 1.165) is 0 Å². The minimum absolute atomic E-state index is 0. The van der Waals surface area contributed by atoms with E-state index in [1.54, 1.807) is 0 Å². The Morgan fingerprint density at radius 2 is 0.556 bits per heavy atom. The summed E-state index contributed by atoms with van der Waals surface area (Å²) in [5, 5.41) is 0. The van der Waals surface area contributed by atoms with E-state index in [9.17, 15) is 0 Å². The zero-order valence-corrected chi connectivity index (χ0v) is 17.9. The molecule has 0 aromatic heterocycles. The number of unbranched alkanes of at least 4 members (excludes halogenated alkanes) is 13. The van der Waals surface area contributed by atoms with Crippen molar-refractivity contribution in [3.63, 3.8) is 0 Å². The summed E-state index contributed by atoms with van der Waals surface area (Å²) >= 11 is 0. The molecule has 0 nitrogen and oxygen atoms in total. The SMILES string of the molecule is CCCCCCCCCCCCCCCC.[H-].[H-].[Na+].[Na+]. The van der Waals surface area contributed by atoms with Gasteiger partial charge >= 0.3 is 59.1 Å². The van der Waals surface area contributed by atoms with Gasteiger partial charge in [-0.25, -0.2) is 0 Å². The van der Waals surface area contributed by atoms with Gasteiger partial charge in [0, 0.05) is 0 Å². The first kappa shape index (κ1) is 25.0. The number of rotatable bonds is 13. The van der Waals surface area contributed by atoms with Crippen molar-refractivity contribution in [1.82, 2.24) is 0 Å². The van der Waals surface area contributed by atoms with Crippen molar-refractivity contribution >= 4 is 0 Å². The van der Waals surface area contributed by atoms with Gasteiger partial charge < -0.3 is 2.85 Å². The average Bonchev–Trinajstić information content (AvgIpc) is 2.31. The van der Waals surface area contributed by atoms with Crippen molar-refractivity contribution in [3.8, 4) is 0 Å². The molecule has 0 fully saturated rings. The van der Waals surface area contributed by atoms with Crippen LogP contribution in [-0.4, -0.2) is 0 Å². The minimum atomic E-state index is 0. The van der Waals surface area contributed by atoms with E-state index >= 15 is 0 Å². The first-order valence-corrected chi connectivity index (χ1v) is 7.91. The van der Waals surface area contributed by atoms with E-state index in [1.165, 1.54) is 89.9 Å². The van der Waals surface area contributed by atoms with Crippen LogP contribution < -0.4 is 59.1 Å². The standard InChI is InChI=1S/C16H34.2Na.2H/c1-3-5-7-9-11-13-15-16-14-12-10-8-6-4-2;;;;/h3-16H2,1-2H3;;;;/q;2*+1;2*-1. The number of hydrogen-bond donors (Lipinski definition) is 0. The molecule has 2 heteroatoms. The molecule has 0 unspecified atom stereocenters. The molecule has 18 heavy (non-hydrogen) atoms. The second kappa shape index (κ2) is 24.0. The quantitative estimate of drug-likeness (QED) is 0.343. The second-order valence-corrected chi connectivity index (χ2v) is 5.24. The van der Waals surface area contributed by atoms with E-state index < -0.39 is 0 Å². The van der Waals surface area contributed by atoms with Crippen molar-refractivity contribution in [1.29, 1.82) is 0 Å². The van der Waals surface area contributed by atoms with Crippen molar-refractivity contribution < 1.29 is 62.0 Å². The third kappa shape index (κ3) is 23.1. The van der Waals surface area contributed by atoms with Gasteiger partial charge in [0.05, 0.1) is 0 Å². The summed E-state index contributed by atoms with van der Waals surface area (Å²) in [5.41, 5.74) is 0. The molecule has 0 radical (unpaired) electrons. The normalized spacial score (nSPS) is 9.67. The van der Waals surface area contributed by atoms with Crippen LogP contribution in [0.5, 0.6) is 0 Å². The smallest absolute Gasteiger partial charge is 1.00 e. The molecule has 0 aromatic rings. The van der Waals surface area contributed by atoms with Crippen LogP contribution in [0.1, 0.15) is 107 Å². The maximum atomic E-state index is 2.29. The molecule has 0 saturated carbocycles. The Balaban J connectivity index is -0.000000187. The topological polar surface area (TPSA) is 0 Å². The fourth-order valence-corrected chi connectivity index (χ4v) is 2.27. The maximum Gasteiger partial charge on any atom is 1.00 e. The van der Waals surface area contributed by atoms with Gasteiger partial charge in [0.2, 0.25) is 0 Å². The van der Waals surface area contributed by atoms with Crippen LogP contribution in [-0.2, 0) is 0 Å². The third-order valence-electron chi connectivity index (χ3n) is 3.46. The molecule has 0 spiro atoms. The summed E-state index contributed by atoms with van der Waals surface area (Å²) in [7, 11) is 0. The minimum Gasteiger partial charge on any atom is -1.00 e. The Morgan fingerprint density at radius 1 is 0.389 bits per heavy atom. The van der Waals surface area contributed by atoms with Crippen LogP contribution in [0, 0.1) is 0 Å². The largest absolute Gasteiger partial charge is 1.00 e. The molecule has 0 bridgehead atoms. The van der Waals surface area contributed by atoms with Gasteiger partial charge in [0.1, 0.15) is 0 Å². The molecule has 0 aliphatic carbocycles. The fourth-order valence-electron chi connectivity index (χ4n) is 2.27. The maximum absolute atomic E-state index is 2.29. The molecule has 102 valence electrons.